The lowest BCUT2D eigenvalue weighted by molar-refractivity contribution is -0.141. The first kappa shape index (κ1) is 22.8. The van der Waals surface area contributed by atoms with Crippen LogP contribution in [0.4, 0.5) is 0 Å². The molecule has 6 nitrogen and oxygen atoms in total. The molecular formula is C22H25BrN2O4. The van der Waals surface area contributed by atoms with E-state index in [4.69, 9.17) is 10.5 Å². The number of ether oxygens (including phenoxy) is 1. The number of carbonyl (C=O) groups excluding carboxylic acids is 3. The van der Waals surface area contributed by atoms with E-state index in [1.165, 1.54) is 0 Å². The number of nitrogens with two attached hydrogens (primary N) is 1. The van der Waals surface area contributed by atoms with Crippen LogP contribution in [0, 0.1) is 0 Å². The van der Waals surface area contributed by atoms with Gasteiger partial charge in [-0.25, -0.2) is 9.59 Å². The van der Waals surface area contributed by atoms with E-state index in [1.807, 2.05) is 44.2 Å². The van der Waals surface area contributed by atoms with Gasteiger partial charge < -0.3 is 10.5 Å². The summed E-state index contributed by atoms with van der Waals surface area (Å²) in [7, 11) is 0. The Labute approximate surface area is 178 Å². The summed E-state index contributed by atoms with van der Waals surface area (Å²) in [5.41, 5.74) is 6.12. The molecule has 154 valence electrons. The second-order valence-corrected chi connectivity index (χ2v) is 8.38. The van der Waals surface area contributed by atoms with Crippen LogP contribution in [-0.4, -0.2) is 29.4 Å². The van der Waals surface area contributed by atoms with E-state index >= 15 is 0 Å². The van der Waals surface area contributed by atoms with Crippen LogP contribution >= 0.6 is 15.9 Å². The van der Waals surface area contributed by atoms with Crippen molar-refractivity contribution in [2.45, 2.75) is 44.7 Å². The minimum Gasteiger partial charge on any atom is -0.388 e. The van der Waals surface area contributed by atoms with Crippen molar-refractivity contribution in [2.75, 3.05) is 0 Å². The van der Waals surface area contributed by atoms with Crippen molar-refractivity contribution in [2.24, 2.45) is 5.73 Å². The van der Waals surface area contributed by atoms with Crippen LogP contribution in [0.2, 0.25) is 0 Å². The molecule has 0 spiro atoms. The Hall–Kier alpha value is -2.51. The summed E-state index contributed by atoms with van der Waals surface area (Å²) in [4.78, 5) is 36.2. The molecular weight excluding hydrogens is 436 g/mol. The molecule has 0 aromatic heterocycles. The van der Waals surface area contributed by atoms with Crippen molar-refractivity contribution in [3.63, 3.8) is 0 Å². The van der Waals surface area contributed by atoms with Crippen molar-refractivity contribution >= 4 is 33.8 Å². The maximum atomic E-state index is 12.7. The number of benzene rings is 2. The Kier molecular flexibility index (Phi) is 8.10. The number of nitrogens with one attached hydrogen (secondary N) is 1. The van der Waals surface area contributed by atoms with Crippen LogP contribution in [-0.2, 0) is 20.7 Å². The zero-order valence-electron chi connectivity index (χ0n) is 16.5. The molecule has 7 heteroatoms. The Morgan fingerprint density at radius 2 is 1.69 bits per heavy atom. The molecule has 3 N–H and O–H groups in total. The first-order valence-electron chi connectivity index (χ1n) is 9.28. The molecule has 2 aromatic carbocycles. The standard InChI is InChI=1S/C22H25BrN2O4/c1-22(2,14-15-6-4-3-5-7-15)25-18(12-13-19(24)26)21(28)29-20(27)16-8-10-17(23)11-9-16/h3-11,18,25H,12-14H2,1-2H3,(H2,24,26)/t18-/m0/s1. The molecule has 0 aliphatic rings. The van der Waals surface area contributed by atoms with Gasteiger partial charge in [-0.05, 0) is 56.5 Å². The van der Waals surface area contributed by atoms with E-state index in [9.17, 15) is 14.4 Å². The van der Waals surface area contributed by atoms with Crippen LogP contribution < -0.4 is 11.1 Å². The van der Waals surface area contributed by atoms with E-state index in [2.05, 4.69) is 21.2 Å². The molecule has 0 aliphatic carbocycles. The van der Waals surface area contributed by atoms with Crippen molar-refractivity contribution < 1.29 is 19.1 Å². The van der Waals surface area contributed by atoms with Gasteiger partial charge in [-0.3, -0.25) is 10.1 Å². The topological polar surface area (TPSA) is 98.5 Å². The molecule has 0 heterocycles. The first-order valence-corrected chi connectivity index (χ1v) is 10.1. The average Bonchev–Trinajstić information content (AvgIpc) is 2.65. The molecule has 0 radical (unpaired) electrons. The van der Waals surface area contributed by atoms with Crippen LogP contribution in [0.3, 0.4) is 0 Å². The van der Waals surface area contributed by atoms with Gasteiger partial charge in [-0.15, -0.1) is 0 Å². The van der Waals surface area contributed by atoms with Crippen LogP contribution in [0.1, 0.15) is 42.6 Å². The maximum Gasteiger partial charge on any atom is 0.345 e. The zero-order chi connectivity index (χ0) is 21.4. The third kappa shape index (κ3) is 7.79. The minimum absolute atomic E-state index is 0.000653. The Bertz CT molecular complexity index is 851. The molecule has 0 fully saturated rings. The van der Waals surface area contributed by atoms with Crippen molar-refractivity contribution in [3.8, 4) is 0 Å². The molecule has 1 amide bonds. The lowest BCUT2D eigenvalue weighted by Gasteiger charge is -2.31. The highest BCUT2D eigenvalue weighted by Gasteiger charge is 2.30. The SMILES string of the molecule is CC(C)(Cc1ccccc1)N[C@@H](CCC(N)=O)C(=O)OC(=O)c1ccc(Br)cc1. The summed E-state index contributed by atoms with van der Waals surface area (Å²) in [6.45, 7) is 3.89. The summed E-state index contributed by atoms with van der Waals surface area (Å²) in [6.07, 6.45) is 0.787. The van der Waals surface area contributed by atoms with Gasteiger partial charge in [0.05, 0.1) is 5.56 Å². The predicted octanol–water partition coefficient (Wildman–Crippen LogP) is 3.38. The fraction of sp³-hybridized carbons (Fsp3) is 0.318. The number of hydrogen-bond donors (Lipinski definition) is 2. The van der Waals surface area contributed by atoms with Gasteiger partial charge in [-0.1, -0.05) is 46.3 Å². The Morgan fingerprint density at radius 3 is 2.28 bits per heavy atom. The number of halogens is 1. The fourth-order valence-corrected chi connectivity index (χ4v) is 3.24. The summed E-state index contributed by atoms with van der Waals surface area (Å²) in [6, 6.07) is 15.5. The smallest absolute Gasteiger partial charge is 0.345 e. The second-order valence-electron chi connectivity index (χ2n) is 7.46. The molecule has 0 saturated heterocycles. The summed E-state index contributed by atoms with van der Waals surface area (Å²) in [5, 5.41) is 3.22. The van der Waals surface area contributed by atoms with Gasteiger partial charge >= 0.3 is 11.9 Å². The van der Waals surface area contributed by atoms with Gasteiger partial charge in [0.25, 0.3) is 0 Å². The molecule has 0 bridgehead atoms. The van der Waals surface area contributed by atoms with Gasteiger partial charge in [0.1, 0.15) is 6.04 Å². The van der Waals surface area contributed by atoms with Crippen LogP contribution in [0.5, 0.6) is 0 Å². The molecule has 0 unspecified atom stereocenters. The van der Waals surface area contributed by atoms with Gasteiger partial charge in [0, 0.05) is 16.4 Å². The van der Waals surface area contributed by atoms with Crippen LogP contribution in [0.25, 0.3) is 0 Å². The molecule has 0 saturated carbocycles. The Balaban J connectivity index is 2.09. The van der Waals surface area contributed by atoms with Gasteiger partial charge in [0.2, 0.25) is 5.91 Å². The van der Waals surface area contributed by atoms with Crippen molar-refractivity contribution in [1.29, 1.82) is 0 Å². The van der Waals surface area contributed by atoms with E-state index in [0.717, 1.165) is 10.0 Å². The fourth-order valence-electron chi connectivity index (χ4n) is 2.97. The van der Waals surface area contributed by atoms with E-state index in [-0.39, 0.29) is 18.4 Å². The lowest BCUT2D eigenvalue weighted by atomic mass is 9.93. The number of hydrogen-bond acceptors (Lipinski definition) is 5. The van der Waals surface area contributed by atoms with Gasteiger partial charge in [-0.2, -0.15) is 0 Å². The summed E-state index contributed by atoms with van der Waals surface area (Å²) >= 11 is 3.29. The first-order chi connectivity index (χ1) is 13.7. The van der Waals surface area contributed by atoms with E-state index in [1.54, 1.807) is 24.3 Å². The van der Waals surface area contributed by atoms with Crippen molar-refractivity contribution in [1.82, 2.24) is 5.32 Å². The molecule has 2 rings (SSSR count). The molecule has 29 heavy (non-hydrogen) atoms. The third-order valence-corrected chi connectivity index (χ3v) is 4.82. The highest BCUT2D eigenvalue weighted by Crippen LogP contribution is 2.16. The molecule has 1 atom stereocenters. The summed E-state index contributed by atoms with van der Waals surface area (Å²) < 4.78 is 5.87. The number of esters is 2. The quantitative estimate of drug-likeness (QED) is 0.441. The summed E-state index contributed by atoms with van der Waals surface area (Å²) in [5.74, 6) is -2.00. The monoisotopic (exact) mass is 460 g/mol. The number of rotatable bonds is 9. The Morgan fingerprint density at radius 1 is 1.07 bits per heavy atom. The molecule has 0 aliphatic heterocycles. The zero-order valence-corrected chi connectivity index (χ0v) is 18.1. The number of carbonyl (C=O) groups is 3. The van der Waals surface area contributed by atoms with E-state index in [0.29, 0.717) is 6.42 Å². The predicted molar refractivity (Wildman–Crippen MR) is 114 cm³/mol. The maximum absolute atomic E-state index is 12.7. The lowest BCUT2D eigenvalue weighted by Crippen LogP contribution is -2.51. The van der Waals surface area contributed by atoms with E-state index < -0.39 is 29.4 Å². The number of amides is 1. The highest BCUT2D eigenvalue weighted by atomic mass is 79.9. The number of primary amides is 1. The van der Waals surface area contributed by atoms with Crippen molar-refractivity contribution in [3.05, 3.63) is 70.2 Å². The largest absolute Gasteiger partial charge is 0.388 e. The molecule has 2 aromatic rings. The highest BCUT2D eigenvalue weighted by molar-refractivity contribution is 9.10. The average molecular weight is 461 g/mol. The normalized spacial score (nSPS) is 12.2. The minimum atomic E-state index is -0.847. The van der Waals surface area contributed by atoms with Gasteiger partial charge in [0.15, 0.2) is 0 Å². The van der Waals surface area contributed by atoms with Crippen LogP contribution in [0.15, 0.2) is 59.1 Å². The second kappa shape index (κ2) is 10.3. The third-order valence-electron chi connectivity index (χ3n) is 4.29.